The molecule has 5 heteroatoms. The molecule has 0 saturated carbocycles. The van der Waals surface area contributed by atoms with Gasteiger partial charge in [-0.1, -0.05) is 6.92 Å². The lowest BCUT2D eigenvalue weighted by atomic mass is 9.97. The van der Waals surface area contributed by atoms with Gasteiger partial charge in [0.1, 0.15) is 0 Å². The average Bonchev–Trinajstić information content (AvgIpc) is 2.84. The highest BCUT2D eigenvalue weighted by Crippen LogP contribution is 2.17. The van der Waals surface area contributed by atoms with Crippen LogP contribution in [0.3, 0.4) is 0 Å². The van der Waals surface area contributed by atoms with Gasteiger partial charge in [-0.3, -0.25) is 4.79 Å². The van der Waals surface area contributed by atoms with E-state index < -0.39 is 0 Å². The van der Waals surface area contributed by atoms with Crippen LogP contribution in [0.4, 0.5) is 0 Å². The summed E-state index contributed by atoms with van der Waals surface area (Å²) in [6, 6.07) is 0.550. The molecule has 0 aliphatic carbocycles. The van der Waals surface area contributed by atoms with E-state index in [4.69, 9.17) is 0 Å². The minimum absolute atomic E-state index is 0. The molecule has 0 spiro atoms. The largest absolute Gasteiger partial charge is 0.354 e. The molecule has 2 aliphatic heterocycles. The molecular formula is C12H24ClN3O. The molecule has 0 aromatic carbocycles. The summed E-state index contributed by atoms with van der Waals surface area (Å²) in [4.78, 5) is 14.3. The monoisotopic (exact) mass is 261 g/mol. The first kappa shape index (κ1) is 14.7. The number of hydrogen-bond acceptors (Lipinski definition) is 3. The maximum absolute atomic E-state index is 11.9. The molecule has 2 fully saturated rings. The Labute approximate surface area is 110 Å². The zero-order chi connectivity index (χ0) is 11.5. The summed E-state index contributed by atoms with van der Waals surface area (Å²) in [5.74, 6) is 0.880. The van der Waals surface area contributed by atoms with Crippen LogP contribution in [0.15, 0.2) is 0 Å². The van der Waals surface area contributed by atoms with E-state index in [9.17, 15) is 4.79 Å². The van der Waals surface area contributed by atoms with Gasteiger partial charge in [0.15, 0.2) is 0 Å². The highest BCUT2D eigenvalue weighted by Gasteiger charge is 2.30. The summed E-state index contributed by atoms with van der Waals surface area (Å²) in [7, 11) is 2.14. The van der Waals surface area contributed by atoms with E-state index in [1.807, 2.05) is 0 Å². The molecule has 2 N–H and O–H groups in total. The number of amides is 1. The third kappa shape index (κ3) is 3.57. The molecule has 1 unspecified atom stereocenters. The highest BCUT2D eigenvalue weighted by atomic mass is 35.5. The molecule has 4 nitrogen and oxygen atoms in total. The number of nitrogens with one attached hydrogen (secondary N) is 2. The maximum Gasteiger partial charge on any atom is 0.224 e. The summed E-state index contributed by atoms with van der Waals surface area (Å²) < 4.78 is 0. The minimum Gasteiger partial charge on any atom is -0.354 e. The molecule has 1 amide bonds. The Morgan fingerprint density at radius 1 is 1.47 bits per heavy atom. The fraction of sp³-hybridized carbons (Fsp3) is 0.917. The number of nitrogens with zero attached hydrogens (tertiary/aromatic N) is 1. The molecule has 2 aliphatic rings. The Morgan fingerprint density at radius 3 is 2.76 bits per heavy atom. The van der Waals surface area contributed by atoms with Crippen molar-refractivity contribution >= 4 is 18.3 Å². The van der Waals surface area contributed by atoms with E-state index in [0.29, 0.717) is 12.0 Å². The van der Waals surface area contributed by atoms with Crippen molar-refractivity contribution in [1.29, 1.82) is 0 Å². The van der Waals surface area contributed by atoms with Gasteiger partial charge in [-0.25, -0.2) is 0 Å². The first-order valence-electron chi connectivity index (χ1n) is 6.37. The van der Waals surface area contributed by atoms with Crippen LogP contribution < -0.4 is 10.6 Å². The molecule has 3 atom stereocenters. The summed E-state index contributed by atoms with van der Waals surface area (Å²) in [5.41, 5.74) is 0. The summed E-state index contributed by atoms with van der Waals surface area (Å²) in [6.45, 7) is 5.95. The van der Waals surface area contributed by atoms with Gasteiger partial charge in [-0.15, -0.1) is 12.4 Å². The van der Waals surface area contributed by atoms with Crippen molar-refractivity contribution in [1.82, 2.24) is 15.5 Å². The molecule has 0 aromatic rings. The van der Waals surface area contributed by atoms with Crippen molar-refractivity contribution in [3.63, 3.8) is 0 Å². The number of carbonyl (C=O) groups is 1. The Hall–Kier alpha value is -0.320. The summed E-state index contributed by atoms with van der Waals surface area (Å²) in [6.07, 6.45) is 2.48. The molecular weight excluding hydrogens is 238 g/mol. The third-order valence-corrected chi connectivity index (χ3v) is 4.04. The average molecular weight is 262 g/mol. The number of likely N-dealkylation sites (N-methyl/N-ethyl adjacent to an activating group) is 1. The smallest absolute Gasteiger partial charge is 0.224 e. The molecule has 100 valence electrons. The molecule has 17 heavy (non-hydrogen) atoms. The van der Waals surface area contributed by atoms with E-state index in [0.717, 1.165) is 19.6 Å². The van der Waals surface area contributed by atoms with Gasteiger partial charge in [0, 0.05) is 19.1 Å². The molecule has 0 aromatic heterocycles. The summed E-state index contributed by atoms with van der Waals surface area (Å²) in [5, 5.41) is 6.38. The second-order valence-electron chi connectivity index (χ2n) is 5.26. The number of rotatable bonds is 3. The number of hydrogen-bond donors (Lipinski definition) is 2. The van der Waals surface area contributed by atoms with E-state index >= 15 is 0 Å². The van der Waals surface area contributed by atoms with Crippen molar-refractivity contribution in [2.45, 2.75) is 25.8 Å². The van der Waals surface area contributed by atoms with Crippen LogP contribution in [-0.4, -0.2) is 50.1 Å². The van der Waals surface area contributed by atoms with Gasteiger partial charge < -0.3 is 15.5 Å². The van der Waals surface area contributed by atoms with Gasteiger partial charge in [0.2, 0.25) is 5.91 Å². The number of carbonyl (C=O) groups excluding carboxylic acids is 1. The minimum atomic E-state index is 0. The standard InChI is InChI=1S/C12H23N3O.ClH/c1-9-6-13-8-11(9)12(16)14-7-10-4-3-5-15(10)2;/h9-11,13H,3-8H2,1-2H3,(H,14,16);1H/t9-,10?,11-;/m1./s1. The molecule has 0 radical (unpaired) electrons. The molecule has 2 heterocycles. The van der Waals surface area contributed by atoms with E-state index in [-0.39, 0.29) is 24.2 Å². The summed E-state index contributed by atoms with van der Waals surface area (Å²) >= 11 is 0. The van der Waals surface area contributed by atoms with Crippen LogP contribution in [0.2, 0.25) is 0 Å². The lowest BCUT2D eigenvalue weighted by Gasteiger charge is -2.21. The fourth-order valence-electron chi connectivity index (χ4n) is 2.75. The maximum atomic E-state index is 11.9. The first-order valence-corrected chi connectivity index (χ1v) is 6.37. The lowest BCUT2D eigenvalue weighted by molar-refractivity contribution is -0.125. The predicted molar refractivity (Wildman–Crippen MR) is 71.4 cm³/mol. The van der Waals surface area contributed by atoms with Gasteiger partial charge in [0.05, 0.1) is 5.92 Å². The molecule has 2 rings (SSSR count). The van der Waals surface area contributed by atoms with Gasteiger partial charge >= 0.3 is 0 Å². The van der Waals surface area contributed by atoms with E-state index in [2.05, 4.69) is 29.5 Å². The number of likely N-dealkylation sites (tertiary alicyclic amines) is 1. The van der Waals surface area contributed by atoms with Crippen molar-refractivity contribution in [2.75, 3.05) is 33.2 Å². The van der Waals surface area contributed by atoms with Crippen LogP contribution in [0.1, 0.15) is 19.8 Å². The van der Waals surface area contributed by atoms with E-state index in [1.54, 1.807) is 0 Å². The highest BCUT2D eigenvalue weighted by molar-refractivity contribution is 5.85. The van der Waals surface area contributed by atoms with Crippen LogP contribution >= 0.6 is 12.4 Å². The Kier molecular flexibility index (Phi) is 5.70. The SMILES string of the molecule is C[C@@H]1CNC[C@H]1C(=O)NCC1CCCN1C.Cl. The first-order chi connectivity index (χ1) is 7.68. The van der Waals surface area contributed by atoms with Gasteiger partial charge in [0.25, 0.3) is 0 Å². The zero-order valence-electron chi connectivity index (χ0n) is 10.7. The van der Waals surface area contributed by atoms with Crippen molar-refractivity contribution in [2.24, 2.45) is 11.8 Å². The number of halogens is 1. The second kappa shape index (κ2) is 6.57. The molecule has 0 bridgehead atoms. The Morgan fingerprint density at radius 2 is 2.24 bits per heavy atom. The van der Waals surface area contributed by atoms with Crippen LogP contribution in [-0.2, 0) is 4.79 Å². The van der Waals surface area contributed by atoms with Crippen LogP contribution in [0.5, 0.6) is 0 Å². The lowest BCUT2D eigenvalue weighted by Crippen LogP contribution is -2.42. The van der Waals surface area contributed by atoms with Gasteiger partial charge in [-0.05, 0) is 38.9 Å². The third-order valence-electron chi connectivity index (χ3n) is 4.04. The predicted octanol–water partition coefficient (Wildman–Crippen LogP) is 0.474. The quantitative estimate of drug-likeness (QED) is 0.777. The van der Waals surface area contributed by atoms with Crippen molar-refractivity contribution < 1.29 is 4.79 Å². The topological polar surface area (TPSA) is 44.4 Å². The zero-order valence-corrected chi connectivity index (χ0v) is 11.6. The van der Waals surface area contributed by atoms with Crippen molar-refractivity contribution in [3.8, 4) is 0 Å². The Balaban J connectivity index is 0.00000144. The van der Waals surface area contributed by atoms with Crippen molar-refractivity contribution in [3.05, 3.63) is 0 Å². The van der Waals surface area contributed by atoms with Crippen LogP contribution in [0.25, 0.3) is 0 Å². The fourth-order valence-corrected chi connectivity index (χ4v) is 2.75. The Bertz CT molecular complexity index is 262. The van der Waals surface area contributed by atoms with E-state index in [1.165, 1.54) is 19.4 Å². The second-order valence-corrected chi connectivity index (χ2v) is 5.26. The van der Waals surface area contributed by atoms with Crippen LogP contribution in [0, 0.1) is 11.8 Å². The molecule has 2 saturated heterocycles. The van der Waals surface area contributed by atoms with Gasteiger partial charge in [-0.2, -0.15) is 0 Å². The normalized spacial score (nSPS) is 33.4.